The quantitative estimate of drug-likeness (QED) is 0.217. The highest BCUT2D eigenvalue weighted by atomic mass is 35.5. The van der Waals surface area contributed by atoms with E-state index in [1.54, 1.807) is 11.0 Å². The summed E-state index contributed by atoms with van der Waals surface area (Å²) in [7, 11) is 0. The maximum Gasteiger partial charge on any atom is 0.312 e. The van der Waals surface area contributed by atoms with Crippen molar-refractivity contribution in [2.45, 2.75) is 106 Å². The van der Waals surface area contributed by atoms with Gasteiger partial charge in [-0.1, -0.05) is 64.4 Å². The molecule has 280 valence electrons. The lowest BCUT2D eigenvalue weighted by atomic mass is 9.32. The van der Waals surface area contributed by atoms with Crippen molar-refractivity contribution in [2.24, 2.45) is 56.7 Å². The van der Waals surface area contributed by atoms with Gasteiger partial charge in [-0.05, 0) is 123 Å². The van der Waals surface area contributed by atoms with E-state index in [0.29, 0.717) is 75.2 Å². The van der Waals surface area contributed by atoms with Crippen LogP contribution < -0.4 is 0 Å². The van der Waals surface area contributed by atoms with Gasteiger partial charge in [0.2, 0.25) is 0 Å². The van der Waals surface area contributed by atoms with Crippen molar-refractivity contribution in [2.75, 3.05) is 39.3 Å². The molecule has 0 spiro atoms. The molecule has 1 aromatic rings. The summed E-state index contributed by atoms with van der Waals surface area (Å²) >= 11 is 6.16. The second-order valence-electron chi connectivity index (χ2n) is 18.9. The minimum atomic E-state index is -0.599. The second kappa shape index (κ2) is 13.0. The number of amides is 1. The highest BCUT2D eigenvalue weighted by molar-refractivity contribution is 6.33. The Morgan fingerprint density at radius 2 is 1.65 bits per heavy atom. The summed E-state index contributed by atoms with van der Waals surface area (Å²) in [6.07, 6.45) is 10.1. The maximum atomic E-state index is 14.5. The van der Waals surface area contributed by atoms with E-state index in [1.165, 1.54) is 24.1 Å². The Balaban J connectivity index is 1.04. The Labute approximate surface area is 310 Å². The summed E-state index contributed by atoms with van der Waals surface area (Å²) in [4.78, 5) is 44.5. The zero-order chi connectivity index (χ0) is 36.7. The van der Waals surface area contributed by atoms with Gasteiger partial charge in [0.15, 0.2) is 0 Å². The fourth-order valence-corrected chi connectivity index (χ4v) is 14.0. The van der Waals surface area contributed by atoms with Crippen LogP contribution in [0, 0.1) is 62.5 Å². The van der Waals surface area contributed by atoms with Crippen molar-refractivity contribution in [3.63, 3.8) is 0 Å². The molecule has 8 heteroatoms. The molecule has 6 aliphatic rings. The van der Waals surface area contributed by atoms with Gasteiger partial charge in [-0.25, -0.2) is 4.39 Å². The third-order valence-electron chi connectivity index (χ3n) is 16.7. The first-order valence-electron chi connectivity index (χ1n) is 19.8. The molecule has 1 aromatic carbocycles. The van der Waals surface area contributed by atoms with E-state index in [9.17, 15) is 18.8 Å². The number of benzene rings is 1. The van der Waals surface area contributed by atoms with Gasteiger partial charge >= 0.3 is 5.97 Å². The third kappa shape index (κ3) is 5.50. The molecule has 0 aromatic heterocycles. The SMILES string of the molecule is C=C(C)[C@@H]1CC[C@]2(C(=O)OCCN3CCN(C(=O)c4c(F)cccc4Cl)CC3)CC[C@]3(C)[C@H](CC[C@@H]4[C@@]5(C)CCC(=O)C(C)(C)[C@@H]5CC[C@]43C)[C@@H]12. The molecule has 0 bridgehead atoms. The number of rotatable bonds is 6. The van der Waals surface area contributed by atoms with Gasteiger partial charge in [-0.3, -0.25) is 19.3 Å². The van der Waals surface area contributed by atoms with Gasteiger partial charge in [0.25, 0.3) is 5.91 Å². The summed E-state index contributed by atoms with van der Waals surface area (Å²) in [5.41, 5.74) is 0.860. The molecular weight excluding hydrogens is 663 g/mol. The van der Waals surface area contributed by atoms with Crippen LogP contribution in [0.5, 0.6) is 0 Å². The maximum absolute atomic E-state index is 14.5. The number of carbonyl (C=O) groups excluding carboxylic acids is 3. The molecule has 5 saturated carbocycles. The predicted octanol–water partition coefficient (Wildman–Crippen LogP) is 9.01. The average Bonchev–Trinajstić information content (AvgIpc) is 3.49. The molecule has 0 N–H and O–H groups in total. The van der Waals surface area contributed by atoms with Crippen molar-refractivity contribution in [1.82, 2.24) is 9.80 Å². The third-order valence-corrected chi connectivity index (χ3v) is 17.0. The average molecular weight is 723 g/mol. The first kappa shape index (κ1) is 37.1. The van der Waals surface area contributed by atoms with Crippen molar-refractivity contribution >= 4 is 29.3 Å². The minimum absolute atomic E-state index is 0.0169. The van der Waals surface area contributed by atoms with Gasteiger partial charge in [0, 0.05) is 44.6 Å². The van der Waals surface area contributed by atoms with Crippen LogP contribution >= 0.6 is 11.6 Å². The molecule has 1 amide bonds. The number of carbonyl (C=O) groups is 3. The van der Waals surface area contributed by atoms with E-state index in [2.05, 4.69) is 53.0 Å². The molecule has 5 aliphatic carbocycles. The molecule has 1 heterocycles. The molecule has 0 radical (unpaired) electrons. The number of Topliss-reactive ketones (excluding diaryl/α,β-unsaturated/α-hetero) is 1. The predicted molar refractivity (Wildman–Crippen MR) is 199 cm³/mol. The van der Waals surface area contributed by atoms with E-state index < -0.39 is 11.2 Å². The molecule has 51 heavy (non-hydrogen) atoms. The smallest absolute Gasteiger partial charge is 0.312 e. The first-order valence-corrected chi connectivity index (χ1v) is 20.2. The molecule has 9 atom stereocenters. The van der Waals surface area contributed by atoms with Crippen molar-refractivity contribution in [3.05, 3.63) is 46.8 Å². The Morgan fingerprint density at radius 3 is 2.33 bits per heavy atom. The molecule has 1 saturated heterocycles. The topological polar surface area (TPSA) is 66.9 Å². The molecule has 6 fully saturated rings. The Kier molecular flexibility index (Phi) is 9.42. The van der Waals surface area contributed by atoms with Crippen LogP contribution in [-0.2, 0) is 14.3 Å². The molecule has 7 rings (SSSR count). The van der Waals surface area contributed by atoms with Crippen LogP contribution in [-0.4, -0.2) is 66.8 Å². The molecular formula is C43H60ClFN2O4. The van der Waals surface area contributed by atoms with Crippen LogP contribution in [0.1, 0.15) is 116 Å². The number of halogens is 2. The summed E-state index contributed by atoms with van der Waals surface area (Å²) in [6.45, 7) is 21.9. The zero-order valence-corrected chi connectivity index (χ0v) is 32.7. The highest BCUT2D eigenvalue weighted by Crippen LogP contribution is 2.77. The monoisotopic (exact) mass is 722 g/mol. The zero-order valence-electron chi connectivity index (χ0n) is 31.9. The number of ether oxygens (including phenoxy) is 1. The highest BCUT2D eigenvalue weighted by Gasteiger charge is 2.72. The minimum Gasteiger partial charge on any atom is -0.464 e. The number of ketones is 1. The normalized spacial score (nSPS) is 40.4. The number of esters is 1. The number of allylic oxidation sites excluding steroid dienone is 1. The first-order chi connectivity index (χ1) is 24.0. The number of hydrogen-bond donors (Lipinski definition) is 0. The standard InChI is InChI=1S/C43H60ClFN2O4/c1-27(2)28-13-18-43(38(50)51-26-25-46-21-23-47(24-22-46)37(49)35-30(44)9-8-10-31(35)45)20-19-41(6)29(36(28)43)11-12-33-40(5)16-15-34(48)39(3,4)32(40)14-17-42(33,41)7/h8-10,28-29,32-33,36H,1,11-26H2,2-7H3/t28-,29+,32-,33+,36+,40-,41+,42+,43-/m0/s1. The van der Waals surface area contributed by atoms with Crippen LogP contribution in [0.3, 0.4) is 0 Å². The summed E-state index contributed by atoms with van der Waals surface area (Å²) in [5.74, 6) is 1.49. The van der Waals surface area contributed by atoms with Crippen LogP contribution in [0.15, 0.2) is 30.4 Å². The van der Waals surface area contributed by atoms with Gasteiger partial charge in [0.05, 0.1) is 16.0 Å². The number of hydrogen-bond acceptors (Lipinski definition) is 5. The Morgan fingerprint density at radius 1 is 0.922 bits per heavy atom. The van der Waals surface area contributed by atoms with Gasteiger partial charge < -0.3 is 9.64 Å². The Bertz CT molecular complexity index is 1580. The molecule has 6 nitrogen and oxygen atoms in total. The molecule has 0 unspecified atom stereocenters. The van der Waals surface area contributed by atoms with E-state index in [1.807, 2.05) is 0 Å². The summed E-state index contributed by atoms with van der Waals surface area (Å²) in [5, 5.41) is 0.130. The van der Waals surface area contributed by atoms with Crippen molar-refractivity contribution in [3.8, 4) is 0 Å². The van der Waals surface area contributed by atoms with Gasteiger partial charge in [-0.15, -0.1) is 0 Å². The lowest BCUT2D eigenvalue weighted by Gasteiger charge is -2.72. The fourth-order valence-electron chi connectivity index (χ4n) is 13.7. The number of nitrogens with zero attached hydrogens (tertiary/aromatic N) is 2. The number of fused-ring (bicyclic) bond motifs is 7. The van der Waals surface area contributed by atoms with Crippen LogP contribution in [0.25, 0.3) is 0 Å². The number of piperazine rings is 1. The van der Waals surface area contributed by atoms with Crippen LogP contribution in [0.4, 0.5) is 4.39 Å². The fraction of sp³-hybridized carbons (Fsp3) is 0.744. The summed E-state index contributed by atoms with van der Waals surface area (Å²) in [6, 6.07) is 4.31. The van der Waals surface area contributed by atoms with Gasteiger partial charge in [-0.2, -0.15) is 0 Å². The van der Waals surface area contributed by atoms with E-state index >= 15 is 0 Å². The lowest BCUT2D eigenvalue weighted by molar-refractivity contribution is -0.236. The van der Waals surface area contributed by atoms with E-state index in [4.69, 9.17) is 16.3 Å². The van der Waals surface area contributed by atoms with E-state index in [-0.39, 0.29) is 50.0 Å². The largest absolute Gasteiger partial charge is 0.464 e. The Hall–Kier alpha value is -2.25. The van der Waals surface area contributed by atoms with Crippen LogP contribution in [0.2, 0.25) is 5.02 Å². The van der Waals surface area contributed by atoms with Crippen molar-refractivity contribution in [1.29, 1.82) is 0 Å². The van der Waals surface area contributed by atoms with Crippen molar-refractivity contribution < 1.29 is 23.5 Å². The van der Waals surface area contributed by atoms with E-state index in [0.717, 1.165) is 51.4 Å². The van der Waals surface area contributed by atoms with Gasteiger partial charge in [0.1, 0.15) is 18.2 Å². The molecule has 1 aliphatic heterocycles. The summed E-state index contributed by atoms with van der Waals surface area (Å²) < 4.78 is 20.7. The lowest BCUT2D eigenvalue weighted by Crippen LogP contribution is -2.66. The second-order valence-corrected chi connectivity index (χ2v) is 19.3.